The van der Waals surface area contributed by atoms with Crippen LogP contribution in [0.4, 0.5) is 0 Å². The highest BCUT2D eigenvalue weighted by atomic mass is 32.2. The van der Waals surface area contributed by atoms with Crippen LogP contribution in [0.2, 0.25) is 0 Å². The van der Waals surface area contributed by atoms with Crippen LogP contribution in [0.3, 0.4) is 0 Å². The quantitative estimate of drug-likeness (QED) is 0.790. The van der Waals surface area contributed by atoms with Crippen molar-refractivity contribution in [1.82, 2.24) is 5.32 Å². The van der Waals surface area contributed by atoms with E-state index < -0.39 is 15.9 Å². The average Bonchev–Trinajstić information content (AvgIpc) is 2.32. The van der Waals surface area contributed by atoms with Crippen LogP contribution in [0.25, 0.3) is 0 Å². The van der Waals surface area contributed by atoms with E-state index in [0.29, 0.717) is 28.8 Å². The SMILES string of the molecule is Cc1cc(OCC(O)CNC(C)C)ccc1S(C)(=O)=O. The zero-order valence-corrected chi connectivity index (χ0v) is 13.2. The van der Waals surface area contributed by atoms with Gasteiger partial charge in [0.2, 0.25) is 0 Å². The molecule has 1 unspecified atom stereocenters. The molecule has 0 fully saturated rings. The van der Waals surface area contributed by atoms with E-state index >= 15 is 0 Å². The summed E-state index contributed by atoms with van der Waals surface area (Å²) in [4.78, 5) is 0.298. The van der Waals surface area contributed by atoms with Gasteiger partial charge in [-0.2, -0.15) is 0 Å². The Bertz CT molecular complexity index is 540. The van der Waals surface area contributed by atoms with Gasteiger partial charge in [0.05, 0.1) is 4.90 Å². The summed E-state index contributed by atoms with van der Waals surface area (Å²) in [6.07, 6.45) is 0.573. The Morgan fingerprint density at radius 1 is 1.35 bits per heavy atom. The minimum atomic E-state index is -3.21. The van der Waals surface area contributed by atoms with Gasteiger partial charge in [-0.3, -0.25) is 0 Å². The molecule has 0 aliphatic heterocycles. The van der Waals surface area contributed by atoms with E-state index in [1.165, 1.54) is 12.3 Å². The van der Waals surface area contributed by atoms with Crippen molar-refractivity contribution in [2.75, 3.05) is 19.4 Å². The molecule has 2 N–H and O–H groups in total. The van der Waals surface area contributed by atoms with Gasteiger partial charge in [0.15, 0.2) is 9.84 Å². The second kappa shape index (κ2) is 7.06. The van der Waals surface area contributed by atoms with Crippen LogP contribution in [0.15, 0.2) is 23.1 Å². The van der Waals surface area contributed by atoms with E-state index in [1.54, 1.807) is 19.1 Å². The van der Waals surface area contributed by atoms with Gasteiger partial charge in [-0.1, -0.05) is 13.8 Å². The first-order valence-electron chi connectivity index (χ1n) is 6.55. The van der Waals surface area contributed by atoms with Crippen LogP contribution in [0.1, 0.15) is 19.4 Å². The van der Waals surface area contributed by atoms with Gasteiger partial charge in [-0.25, -0.2) is 8.42 Å². The summed E-state index contributed by atoms with van der Waals surface area (Å²) in [5.74, 6) is 0.554. The maximum absolute atomic E-state index is 11.5. The van der Waals surface area contributed by atoms with Gasteiger partial charge in [-0.05, 0) is 30.7 Å². The van der Waals surface area contributed by atoms with Crippen molar-refractivity contribution in [1.29, 1.82) is 0 Å². The van der Waals surface area contributed by atoms with Crippen molar-refractivity contribution in [2.24, 2.45) is 0 Å². The van der Waals surface area contributed by atoms with Gasteiger partial charge >= 0.3 is 0 Å². The molecule has 0 bridgehead atoms. The van der Waals surface area contributed by atoms with E-state index in [2.05, 4.69) is 5.32 Å². The molecule has 20 heavy (non-hydrogen) atoms. The van der Waals surface area contributed by atoms with Crippen LogP contribution in [0, 0.1) is 6.92 Å². The summed E-state index contributed by atoms with van der Waals surface area (Å²) in [5.41, 5.74) is 0.639. The van der Waals surface area contributed by atoms with Gasteiger partial charge in [0.1, 0.15) is 18.5 Å². The highest BCUT2D eigenvalue weighted by Crippen LogP contribution is 2.21. The molecule has 0 aliphatic carbocycles. The smallest absolute Gasteiger partial charge is 0.175 e. The van der Waals surface area contributed by atoms with E-state index in [0.717, 1.165) is 0 Å². The first-order chi connectivity index (χ1) is 9.20. The van der Waals surface area contributed by atoms with E-state index in [1.807, 2.05) is 13.8 Å². The van der Waals surface area contributed by atoms with E-state index in [4.69, 9.17) is 4.74 Å². The molecule has 0 aromatic heterocycles. The molecule has 0 radical (unpaired) electrons. The Morgan fingerprint density at radius 2 is 2.00 bits per heavy atom. The third-order valence-electron chi connectivity index (χ3n) is 2.75. The van der Waals surface area contributed by atoms with Crippen LogP contribution in [-0.4, -0.2) is 45.1 Å². The summed E-state index contributed by atoms with van der Waals surface area (Å²) >= 11 is 0. The normalized spacial score (nSPS) is 13.5. The Kier molecular flexibility index (Phi) is 5.98. The fourth-order valence-electron chi connectivity index (χ4n) is 1.75. The molecular formula is C14H23NO4S. The number of hydrogen-bond donors (Lipinski definition) is 2. The molecule has 0 saturated carbocycles. The zero-order valence-electron chi connectivity index (χ0n) is 12.4. The molecular weight excluding hydrogens is 278 g/mol. The number of aryl methyl sites for hydroxylation is 1. The maximum atomic E-state index is 11.5. The molecule has 1 rings (SSSR count). The van der Waals surface area contributed by atoms with E-state index in [9.17, 15) is 13.5 Å². The summed E-state index contributed by atoms with van der Waals surface area (Å²) in [5, 5.41) is 12.8. The number of sulfone groups is 1. The molecule has 1 atom stereocenters. The van der Waals surface area contributed by atoms with Crippen LogP contribution < -0.4 is 10.1 Å². The molecule has 1 aromatic rings. The Morgan fingerprint density at radius 3 is 2.50 bits per heavy atom. The standard InChI is InChI=1S/C14H23NO4S/c1-10(2)15-8-12(16)9-19-13-5-6-14(11(3)7-13)20(4,17)18/h5-7,10,12,15-16H,8-9H2,1-4H3. The number of aliphatic hydroxyl groups is 1. The maximum Gasteiger partial charge on any atom is 0.175 e. The van der Waals surface area contributed by atoms with Gasteiger partial charge < -0.3 is 15.2 Å². The summed E-state index contributed by atoms with van der Waals surface area (Å²) in [6.45, 7) is 6.34. The lowest BCUT2D eigenvalue weighted by atomic mass is 10.2. The van der Waals surface area contributed by atoms with Crippen molar-refractivity contribution in [3.8, 4) is 5.75 Å². The monoisotopic (exact) mass is 301 g/mol. The van der Waals surface area contributed by atoms with Gasteiger partial charge in [0, 0.05) is 18.8 Å². The van der Waals surface area contributed by atoms with E-state index in [-0.39, 0.29) is 6.61 Å². The molecule has 0 aliphatic rings. The number of aliphatic hydroxyl groups excluding tert-OH is 1. The summed E-state index contributed by atoms with van der Waals surface area (Å²) in [6, 6.07) is 5.10. The topological polar surface area (TPSA) is 75.6 Å². The van der Waals surface area contributed by atoms with Crippen molar-refractivity contribution >= 4 is 9.84 Å². The predicted octanol–water partition coefficient (Wildman–Crippen LogP) is 1.14. The summed E-state index contributed by atoms with van der Waals surface area (Å²) < 4.78 is 28.4. The largest absolute Gasteiger partial charge is 0.491 e. The molecule has 5 nitrogen and oxygen atoms in total. The third-order valence-corrected chi connectivity index (χ3v) is 4.01. The number of hydrogen-bond acceptors (Lipinski definition) is 5. The van der Waals surface area contributed by atoms with Crippen LogP contribution >= 0.6 is 0 Å². The van der Waals surface area contributed by atoms with Crippen molar-refractivity contribution < 1.29 is 18.3 Å². The Balaban J connectivity index is 2.60. The minimum absolute atomic E-state index is 0.164. The molecule has 0 heterocycles. The minimum Gasteiger partial charge on any atom is -0.491 e. The first-order valence-corrected chi connectivity index (χ1v) is 8.44. The molecule has 114 valence electrons. The number of ether oxygens (including phenoxy) is 1. The zero-order chi connectivity index (χ0) is 15.3. The molecule has 6 heteroatoms. The summed E-state index contributed by atoms with van der Waals surface area (Å²) in [7, 11) is -3.21. The highest BCUT2D eigenvalue weighted by Gasteiger charge is 2.12. The van der Waals surface area contributed by atoms with Gasteiger partial charge in [-0.15, -0.1) is 0 Å². The molecule has 0 spiro atoms. The van der Waals surface area contributed by atoms with Crippen molar-refractivity contribution in [3.05, 3.63) is 23.8 Å². The van der Waals surface area contributed by atoms with Crippen LogP contribution in [0.5, 0.6) is 5.75 Å². The second-order valence-corrected chi connectivity index (χ2v) is 7.21. The average molecular weight is 301 g/mol. The number of rotatable bonds is 7. The fourth-order valence-corrected chi connectivity index (χ4v) is 2.71. The Labute approximate surface area is 120 Å². The predicted molar refractivity (Wildman–Crippen MR) is 78.9 cm³/mol. The fraction of sp³-hybridized carbons (Fsp3) is 0.571. The Hall–Kier alpha value is -1.11. The van der Waals surface area contributed by atoms with Gasteiger partial charge in [0.25, 0.3) is 0 Å². The highest BCUT2D eigenvalue weighted by molar-refractivity contribution is 7.90. The third kappa shape index (κ3) is 5.48. The second-order valence-electron chi connectivity index (χ2n) is 5.23. The van der Waals surface area contributed by atoms with Crippen molar-refractivity contribution in [3.63, 3.8) is 0 Å². The number of benzene rings is 1. The molecule has 0 saturated heterocycles. The lowest BCUT2D eigenvalue weighted by Gasteiger charge is -2.15. The lowest BCUT2D eigenvalue weighted by molar-refractivity contribution is 0.104. The number of nitrogens with one attached hydrogen (secondary N) is 1. The lowest BCUT2D eigenvalue weighted by Crippen LogP contribution is -2.35. The van der Waals surface area contributed by atoms with Crippen LogP contribution in [-0.2, 0) is 9.84 Å². The molecule has 1 aromatic carbocycles. The molecule has 0 amide bonds. The first kappa shape index (κ1) is 16.9. The van der Waals surface area contributed by atoms with Crippen molar-refractivity contribution in [2.45, 2.75) is 37.8 Å².